The van der Waals surface area contributed by atoms with Crippen LogP contribution in [-0.2, 0) is 0 Å². The summed E-state index contributed by atoms with van der Waals surface area (Å²) in [6, 6.07) is 6.71. The number of hydrogen-bond acceptors (Lipinski definition) is 1. The molecule has 0 saturated carbocycles. The van der Waals surface area contributed by atoms with Gasteiger partial charge in [-0.3, -0.25) is 4.79 Å². The molecule has 2 nitrogen and oxygen atoms in total. The molecule has 0 aliphatic carbocycles. The Morgan fingerprint density at radius 2 is 2.00 bits per heavy atom. The molecule has 0 unspecified atom stereocenters. The normalized spacial score (nSPS) is 11.2. The van der Waals surface area contributed by atoms with E-state index in [0.29, 0.717) is 10.6 Å². The van der Waals surface area contributed by atoms with Crippen LogP contribution in [-0.4, -0.2) is 23.2 Å². The van der Waals surface area contributed by atoms with Crippen molar-refractivity contribution in [3.63, 3.8) is 0 Å². The number of hydrogen-bond donors (Lipinski definition) is 1. The summed E-state index contributed by atoms with van der Waals surface area (Å²) >= 11 is 17.3. The third kappa shape index (κ3) is 3.55. The minimum atomic E-state index is -0.609. The second kappa shape index (κ2) is 5.76. The molecular formula is C11H12Cl3NO. The Morgan fingerprint density at radius 3 is 2.50 bits per heavy atom. The molecule has 1 N–H and O–H groups in total. The minimum absolute atomic E-state index is 0.230. The summed E-state index contributed by atoms with van der Waals surface area (Å²) in [4.78, 5) is 11.8. The number of halogens is 3. The van der Waals surface area contributed by atoms with Crippen molar-refractivity contribution in [3.8, 4) is 0 Å². The maximum Gasteiger partial charge on any atom is 0.251 e. The van der Waals surface area contributed by atoms with Crippen molar-refractivity contribution in [2.75, 3.05) is 11.8 Å². The third-order valence-corrected chi connectivity index (χ3v) is 3.51. The first-order valence-electron chi connectivity index (χ1n) is 4.71. The van der Waals surface area contributed by atoms with E-state index in [9.17, 15) is 4.79 Å². The minimum Gasteiger partial charge on any atom is -0.344 e. The van der Waals surface area contributed by atoms with Gasteiger partial charge in [-0.25, -0.2) is 0 Å². The molecule has 1 rings (SSSR count). The van der Waals surface area contributed by atoms with Crippen LogP contribution in [0.15, 0.2) is 24.3 Å². The van der Waals surface area contributed by atoms with Gasteiger partial charge >= 0.3 is 0 Å². The van der Waals surface area contributed by atoms with Gasteiger partial charge in [0.15, 0.2) is 0 Å². The predicted octanol–water partition coefficient (Wildman–Crippen LogP) is 3.31. The molecule has 0 bridgehead atoms. The fourth-order valence-corrected chi connectivity index (χ4v) is 1.69. The zero-order valence-corrected chi connectivity index (χ0v) is 11.0. The maximum absolute atomic E-state index is 11.8. The first-order valence-corrected chi connectivity index (χ1v) is 6.15. The predicted molar refractivity (Wildman–Crippen MR) is 68.8 cm³/mol. The highest BCUT2D eigenvalue weighted by Crippen LogP contribution is 2.14. The molecule has 0 heterocycles. The van der Waals surface area contributed by atoms with Crippen LogP contribution in [0.4, 0.5) is 0 Å². The Balaban J connectivity index is 2.80. The first kappa shape index (κ1) is 13.6. The van der Waals surface area contributed by atoms with Gasteiger partial charge < -0.3 is 5.32 Å². The summed E-state index contributed by atoms with van der Waals surface area (Å²) in [5, 5.41) is 3.29. The fourth-order valence-electron chi connectivity index (χ4n) is 1.08. The van der Waals surface area contributed by atoms with E-state index < -0.39 is 5.54 Å². The smallest absolute Gasteiger partial charge is 0.251 e. The molecule has 0 radical (unpaired) electrons. The number of alkyl halides is 2. The number of rotatable bonds is 4. The summed E-state index contributed by atoms with van der Waals surface area (Å²) in [6.07, 6.45) is 0. The number of amides is 1. The lowest BCUT2D eigenvalue weighted by atomic mass is 10.1. The quantitative estimate of drug-likeness (QED) is 0.842. The molecule has 0 spiro atoms. The molecular weight excluding hydrogens is 268 g/mol. The van der Waals surface area contributed by atoms with Crippen molar-refractivity contribution < 1.29 is 4.79 Å². The van der Waals surface area contributed by atoms with Crippen molar-refractivity contribution in [1.82, 2.24) is 5.32 Å². The van der Waals surface area contributed by atoms with E-state index in [0.717, 1.165) is 0 Å². The van der Waals surface area contributed by atoms with Gasteiger partial charge in [0.2, 0.25) is 0 Å². The molecule has 0 aliphatic heterocycles. The molecule has 16 heavy (non-hydrogen) atoms. The molecule has 0 aliphatic rings. The summed E-state index contributed by atoms with van der Waals surface area (Å²) < 4.78 is 0. The molecule has 0 atom stereocenters. The molecule has 0 aromatic heterocycles. The molecule has 1 aromatic rings. The summed E-state index contributed by atoms with van der Waals surface area (Å²) in [5.74, 6) is 0.275. The molecule has 1 amide bonds. The van der Waals surface area contributed by atoms with Crippen molar-refractivity contribution in [2.45, 2.75) is 12.5 Å². The van der Waals surface area contributed by atoms with E-state index in [1.165, 1.54) is 0 Å². The van der Waals surface area contributed by atoms with Crippen LogP contribution in [0, 0.1) is 0 Å². The Kier molecular flexibility index (Phi) is 4.90. The Labute approximate surface area is 110 Å². The highest BCUT2D eigenvalue weighted by molar-refractivity contribution is 6.31. The largest absolute Gasteiger partial charge is 0.344 e. The lowest BCUT2D eigenvalue weighted by Gasteiger charge is -2.25. The number of carbonyl (C=O) groups is 1. The average Bonchev–Trinajstić information content (AvgIpc) is 2.29. The van der Waals surface area contributed by atoms with Gasteiger partial charge in [-0.15, -0.1) is 23.2 Å². The zero-order valence-electron chi connectivity index (χ0n) is 8.77. The topological polar surface area (TPSA) is 29.1 Å². The Morgan fingerprint density at radius 1 is 1.38 bits per heavy atom. The maximum atomic E-state index is 11.8. The van der Waals surface area contributed by atoms with Crippen LogP contribution in [0.3, 0.4) is 0 Å². The van der Waals surface area contributed by atoms with Crippen LogP contribution >= 0.6 is 34.8 Å². The Hall–Kier alpha value is -0.440. The molecule has 0 saturated heterocycles. The first-order chi connectivity index (χ1) is 7.50. The number of carbonyl (C=O) groups excluding carboxylic acids is 1. The van der Waals surface area contributed by atoms with Gasteiger partial charge in [-0.1, -0.05) is 17.7 Å². The van der Waals surface area contributed by atoms with E-state index in [4.69, 9.17) is 34.8 Å². The van der Waals surface area contributed by atoms with Crippen LogP contribution in [0.1, 0.15) is 17.3 Å². The third-order valence-electron chi connectivity index (χ3n) is 2.09. The summed E-state index contributed by atoms with van der Waals surface area (Å²) in [7, 11) is 0. The second-order valence-electron chi connectivity index (χ2n) is 3.79. The van der Waals surface area contributed by atoms with Crippen molar-refractivity contribution in [1.29, 1.82) is 0 Å². The molecule has 5 heteroatoms. The average molecular weight is 281 g/mol. The van der Waals surface area contributed by atoms with E-state index >= 15 is 0 Å². The summed E-state index contributed by atoms with van der Waals surface area (Å²) in [6.45, 7) is 1.79. The standard InChI is InChI=1S/C11H12Cl3NO/c1-11(6-12,7-13)15-10(16)8-3-2-4-9(14)5-8/h2-5H,6-7H2,1H3,(H,15,16). The highest BCUT2D eigenvalue weighted by Gasteiger charge is 2.24. The molecule has 1 aromatic carbocycles. The zero-order chi connectivity index (χ0) is 12.2. The van der Waals surface area contributed by atoms with Crippen LogP contribution in [0.2, 0.25) is 5.02 Å². The van der Waals surface area contributed by atoms with E-state index in [-0.39, 0.29) is 17.7 Å². The van der Waals surface area contributed by atoms with Crippen LogP contribution < -0.4 is 5.32 Å². The molecule has 0 fully saturated rings. The lowest BCUT2D eigenvalue weighted by Crippen LogP contribution is -2.49. The van der Waals surface area contributed by atoms with Gasteiger partial charge in [0.1, 0.15) is 0 Å². The van der Waals surface area contributed by atoms with E-state index in [1.807, 2.05) is 0 Å². The van der Waals surface area contributed by atoms with Crippen LogP contribution in [0.25, 0.3) is 0 Å². The van der Waals surface area contributed by atoms with Gasteiger partial charge in [0.25, 0.3) is 5.91 Å². The van der Waals surface area contributed by atoms with Crippen molar-refractivity contribution in [2.24, 2.45) is 0 Å². The number of nitrogens with one attached hydrogen (secondary N) is 1. The summed E-state index contributed by atoms with van der Waals surface area (Å²) in [5.41, 5.74) is -0.114. The van der Waals surface area contributed by atoms with Gasteiger partial charge in [0.05, 0.1) is 5.54 Å². The van der Waals surface area contributed by atoms with Gasteiger partial charge in [-0.2, -0.15) is 0 Å². The fraction of sp³-hybridized carbons (Fsp3) is 0.364. The van der Waals surface area contributed by atoms with Crippen molar-refractivity contribution in [3.05, 3.63) is 34.9 Å². The monoisotopic (exact) mass is 279 g/mol. The lowest BCUT2D eigenvalue weighted by molar-refractivity contribution is 0.0921. The van der Waals surface area contributed by atoms with Crippen LogP contribution in [0.5, 0.6) is 0 Å². The number of benzene rings is 1. The SMILES string of the molecule is CC(CCl)(CCl)NC(=O)c1cccc(Cl)c1. The van der Waals surface area contributed by atoms with Gasteiger partial charge in [0, 0.05) is 22.3 Å². The van der Waals surface area contributed by atoms with E-state index in [2.05, 4.69) is 5.32 Å². The Bertz CT molecular complexity index is 377. The second-order valence-corrected chi connectivity index (χ2v) is 4.76. The van der Waals surface area contributed by atoms with Gasteiger partial charge in [-0.05, 0) is 25.1 Å². The molecule has 88 valence electrons. The highest BCUT2D eigenvalue weighted by atomic mass is 35.5. The van der Waals surface area contributed by atoms with Crippen molar-refractivity contribution >= 4 is 40.7 Å². The van der Waals surface area contributed by atoms with E-state index in [1.54, 1.807) is 31.2 Å².